The van der Waals surface area contributed by atoms with Crippen molar-refractivity contribution in [1.82, 2.24) is 15.1 Å². The van der Waals surface area contributed by atoms with Crippen LogP contribution in [0.5, 0.6) is 5.75 Å². The molecule has 0 bridgehead atoms. The van der Waals surface area contributed by atoms with Crippen LogP contribution in [0.1, 0.15) is 31.4 Å². The van der Waals surface area contributed by atoms with E-state index in [0.29, 0.717) is 19.7 Å². The van der Waals surface area contributed by atoms with Crippen LogP contribution in [0.3, 0.4) is 0 Å². The Morgan fingerprint density at radius 3 is 2.86 bits per heavy atom. The minimum absolute atomic E-state index is 0.0877. The monoisotopic (exact) mass is 390 g/mol. The average Bonchev–Trinajstić information content (AvgIpc) is 2.71. The first-order chi connectivity index (χ1) is 13.5. The Kier molecular flexibility index (Phi) is 8.57. The van der Waals surface area contributed by atoms with E-state index in [-0.39, 0.29) is 17.9 Å². The van der Waals surface area contributed by atoms with E-state index in [1.807, 2.05) is 19.1 Å². The number of guanidine groups is 1. The second-order valence-corrected chi connectivity index (χ2v) is 7.22. The highest BCUT2D eigenvalue weighted by atomic mass is 16.5. The average molecular weight is 391 g/mol. The highest BCUT2D eigenvalue weighted by Gasteiger charge is 2.28. The molecule has 0 aromatic heterocycles. The molecule has 0 aliphatic carbocycles. The third-order valence-corrected chi connectivity index (χ3v) is 5.11. The normalized spacial score (nSPS) is 18.7. The SMILES string of the molecule is CCOC(=O)C1CCCN(C(=NC)NCC(c2cccc(OC)c2)N(C)C)C1. The molecule has 2 rings (SSSR count). The molecule has 1 aliphatic rings. The van der Waals surface area contributed by atoms with Gasteiger partial charge < -0.3 is 24.6 Å². The third kappa shape index (κ3) is 5.86. The van der Waals surface area contributed by atoms with E-state index in [2.05, 4.69) is 46.3 Å². The lowest BCUT2D eigenvalue weighted by Crippen LogP contribution is -2.49. The second-order valence-electron chi connectivity index (χ2n) is 7.22. The Bertz CT molecular complexity index is 663. The minimum atomic E-state index is -0.106. The molecule has 7 heteroatoms. The number of hydrogen-bond acceptors (Lipinski definition) is 5. The van der Waals surface area contributed by atoms with Crippen LogP contribution in [0.15, 0.2) is 29.3 Å². The quantitative estimate of drug-likeness (QED) is 0.437. The molecule has 28 heavy (non-hydrogen) atoms. The standard InChI is InChI=1S/C21H34N4O3/c1-6-28-20(26)17-10-8-12-25(15-17)21(22-2)23-14-19(24(3)4)16-9-7-11-18(13-16)27-5/h7,9,11,13,17,19H,6,8,10,12,14-15H2,1-5H3,(H,22,23). The van der Waals surface area contributed by atoms with E-state index in [4.69, 9.17) is 9.47 Å². The van der Waals surface area contributed by atoms with Gasteiger partial charge in [-0.15, -0.1) is 0 Å². The van der Waals surface area contributed by atoms with Gasteiger partial charge in [0.05, 0.1) is 25.7 Å². The first-order valence-electron chi connectivity index (χ1n) is 9.92. The number of nitrogens with one attached hydrogen (secondary N) is 1. The van der Waals surface area contributed by atoms with Gasteiger partial charge >= 0.3 is 5.97 Å². The van der Waals surface area contributed by atoms with Crippen molar-refractivity contribution in [2.75, 3.05) is 54.5 Å². The number of ether oxygens (including phenoxy) is 2. The van der Waals surface area contributed by atoms with Crippen LogP contribution in [0.4, 0.5) is 0 Å². The van der Waals surface area contributed by atoms with Crippen molar-refractivity contribution in [2.45, 2.75) is 25.8 Å². The van der Waals surface area contributed by atoms with Crippen LogP contribution in [-0.4, -0.2) is 76.2 Å². The largest absolute Gasteiger partial charge is 0.497 e. The summed E-state index contributed by atoms with van der Waals surface area (Å²) >= 11 is 0. The van der Waals surface area contributed by atoms with Gasteiger partial charge in [-0.1, -0.05) is 12.1 Å². The molecule has 156 valence electrons. The Labute approximate surface area is 168 Å². The van der Waals surface area contributed by atoms with Gasteiger partial charge in [-0.3, -0.25) is 9.79 Å². The fourth-order valence-corrected chi connectivity index (χ4v) is 3.59. The van der Waals surface area contributed by atoms with Crippen molar-refractivity contribution in [1.29, 1.82) is 0 Å². The summed E-state index contributed by atoms with van der Waals surface area (Å²) in [5, 5.41) is 3.49. The van der Waals surface area contributed by atoms with E-state index in [1.165, 1.54) is 5.56 Å². The molecule has 1 saturated heterocycles. The highest BCUT2D eigenvalue weighted by Crippen LogP contribution is 2.23. The maximum atomic E-state index is 12.1. The molecule has 0 spiro atoms. The Morgan fingerprint density at radius 1 is 1.43 bits per heavy atom. The zero-order valence-electron chi connectivity index (χ0n) is 17.8. The molecule has 1 aromatic carbocycles. The number of methoxy groups -OCH3 is 1. The van der Waals surface area contributed by atoms with Crippen LogP contribution < -0.4 is 10.1 Å². The molecule has 0 radical (unpaired) electrons. The van der Waals surface area contributed by atoms with Crippen LogP contribution in [0.25, 0.3) is 0 Å². The summed E-state index contributed by atoms with van der Waals surface area (Å²) in [6, 6.07) is 8.29. The van der Waals surface area contributed by atoms with Gasteiger partial charge in [0.15, 0.2) is 5.96 Å². The Balaban J connectivity index is 2.03. The summed E-state index contributed by atoms with van der Waals surface area (Å²) in [5.41, 5.74) is 1.18. The Morgan fingerprint density at radius 2 is 2.21 bits per heavy atom. The topological polar surface area (TPSA) is 66.4 Å². The predicted octanol–water partition coefficient (Wildman–Crippen LogP) is 2.15. The lowest BCUT2D eigenvalue weighted by atomic mass is 9.98. The number of esters is 1. The van der Waals surface area contributed by atoms with Crippen LogP contribution in [0.2, 0.25) is 0 Å². The number of likely N-dealkylation sites (tertiary alicyclic amines) is 1. The molecule has 0 amide bonds. The van der Waals surface area contributed by atoms with Crippen LogP contribution in [0, 0.1) is 5.92 Å². The number of carbonyl (C=O) groups excluding carboxylic acids is 1. The van der Waals surface area contributed by atoms with Crippen molar-refractivity contribution < 1.29 is 14.3 Å². The fourth-order valence-electron chi connectivity index (χ4n) is 3.59. The number of rotatable bonds is 7. The minimum Gasteiger partial charge on any atom is -0.497 e. The number of aliphatic imine (C=N–C) groups is 1. The second kappa shape index (κ2) is 10.9. The van der Waals surface area contributed by atoms with E-state index >= 15 is 0 Å². The fraction of sp³-hybridized carbons (Fsp3) is 0.619. The summed E-state index contributed by atoms with van der Waals surface area (Å²) in [5.74, 6) is 1.48. The molecule has 1 aliphatic heterocycles. The molecule has 1 N–H and O–H groups in total. The van der Waals surface area contributed by atoms with Gasteiger partial charge in [0.2, 0.25) is 0 Å². The Hall–Kier alpha value is -2.28. The molecule has 2 unspecified atom stereocenters. The molecule has 0 saturated carbocycles. The molecule has 1 aromatic rings. The van der Waals surface area contributed by atoms with Crippen LogP contribution >= 0.6 is 0 Å². The van der Waals surface area contributed by atoms with E-state index in [9.17, 15) is 4.79 Å². The molecule has 7 nitrogen and oxygen atoms in total. The maximum absolute atomic E-state index is 12.1. The summed E-state index contributed by atoms with van der Waals surface area (Å²) in [4.78, 5) is 20.9. The van der Waals surface area contributed by atoms with Crippen molar-refractivity contribution >= 4 is 11.9 Å². The van der Waals surface area contributed by atoms with Gasteiger partial charge in [0, 0.05) is 26.7 Å². The number of likely N-dealkylation sites (N-methyl/N-ethyl adjacent to an activating group) is 1. The zero-order chi connectivity index (χ0) is 20.5. The molecule has 1 fully saturated rings. The number of hydrogen-bond donors (Lipinski definition) is 1. The van der Waals surface area contributed by atoms with Crippen molar-refractivity contribution in [3.63, 3.8) is 0 Å². The number of piperidine rings is 1. The maximum Gasteiger partial charge on any atom is 0.310 e. The predicted molar refractivity (Wildman–Crippen MR) is 112 cm³/mol. The van der Waals surface area contributed by atoms with Gasteiger partial charge in [0.25, 0.3) is 0 Å². The number of nitrogens with zero attached hydrogens (tertiary/aromatic N) is 3. The zero-order valence-corrected chi connectivity index (χ0v) is 17.8. The highest BCUT2D eigenvalue weighted by molar-refractivity contribution is 5.81. The van der Waals surface area contributed by atoms with Gasteiger partial charge in [0.1, 0.15) is 5.75 Å². The van der Waals surface area contributed by atoms with Crippen molar-refractivity contribution in [3.05, 3.63) is 29.8 Å². The number of benzene rings is 1. The molecular formula is C21H34N4O3. The van der Waals surface area contributed by atoms with E-state index in [0.717, 1.165) is 31.1 Å². The van der Waals surface area contributed by atoms with E-state index in [1.54, 1.807) is 14.2 Å². The van der Waals surface area contributed by atoms with Gasteiger partial charge in [-0.2, -0.15) is 0 Å². The molecule has 2 atom stereocenters. The smallest absolute Gasteiger partial charge is 0.310 e. The van der Waals surface area contributed by atoms with Crippen molar-refractivity contribution in [2.24, 2.45) is 10.9 Å². The van der Waals surface area contributed by atoms with Gasteiger partial charge in [-0.25, -0.2) is 0 Å². The number of carbonyl (C=O) groups is 1. The summed E-state index contributed by atoms with van der Waals surface area (Å²) in [7, 11) is 7.59. The molecular weight excluding hydrogens is 356 g/mol. The van der Waals surface area contributed by atoms with Crippen molar-refractivity contribution in [3.8, 4) is 5.75 Å². The van der Waals surface area contributed by atoms with E-state index < -0.39 is 0 Å². The lowest BCUT2D eigenvalue weighted by Gasteiger charge is -2.35. The molecule has 1 heterocycles. The lowest BCUT2D eigenvalue weighted by molar-refractivity contribution is -0.149. The van der Waals surface area contributed by atoms with Crippen LogP contribution in [-0.2, 0) is 9.53 Å². The summed E-state index contributed by atoms with van der Waals surface area (Å²) in [6.45, 7) is 4.51. The summed E-state index contributed by atoms with van der Waals surface area (Å²) in [6.07, 6.45) is 1.83. The third-order valence-electron chi connectivity index (χ3n) is 5.11. The first kappa shape index (κ1) is 22.0. The van der Waals surface area contributed by atoms with Gasteiger partial charge in [-0.05, 0) is 51.6 Å². The summed E-state index contributed by atoms with van der Waals surface area (Å²) < 4.78 is 10.6. The first-order valence-corrected chi connectivity index (χ1v) is 9.92.